The van der Waals surface area contributed by atoms with Gasteiger partial charge in [-0.15, -0.1) is 0 Å². The summed E-state index contributed by atoms with van der Waals surface area (Å²) in [4.78, 5) is 138. The minimum atomic E-state index is -1.64. The molecule has 28 nitrogen and oxygen atoms in total. The Labute approximate surface area is 483 Å². The first kappa shape index (κ1) is 70.4. The van der Waals surface area contributed by atoms with Gasteiger partial charge >= 0.3 is 11.9 Å². The number of para-hydroxylation sites is 1. The number of carbonyl (C=O) groups is 10. The Morgan fingerprint density at radius 3 is 1.48 bits per heavy atom. The SMILES string of the molecule is CC[C@H](C)[C@H](NC(=O)[C@@H](CCCNC(=N)N)NC(=O)[C@H](CCC(=O)O)NC(=O)[C@H](CS)NC(=O)[C@H](CC(C)C)NC(=O)[C@@H](CCCNC(=N)N)NC(=O)[C@H](Cc1c[nH]c2ccccc12)NC)C(=O)N[C@@H](CC(C)C)C(=O)N[C@@H](C)C(=O)O. The van der Waals surface area contributed by atoms with Crippen molar-refractivity contribution in [3.8, 4) is 0 Å². The number of guanidine groups is 2. The molecule has 0 aliphatic carbocycles. The van der Waals surface area contributed by atoms with Crippen molar-refractivity contribution in [2.45, 2.75) is 167 Å². The van der Waals surface area contributed by atoms with Gasteiger partial charge < -0.3 is 85.1 Å². The second-order valence-electron chi connectivity index (χ2n) is 21.1. The van der Waals surface area contributed by atoms with Crippen molar-refractivity contribution < 1.29 is 58.2 Å². The molecule has 0 saturated heterocycles. The standard InChI is InChI=1S/C53H88N16O12S/c1-9-29(6)42(50(79)67-38(22-27(2)3)47(76)62-30(7)51(80)81)69-45(74)35(17-13-21-60-53(56)57)63-44(73)36(18-19-41(70)71)65-49(78)40(26-82)68-48(77)39(23-28(4)5)66-43(72)34(16-12-20-59-52(54)55)64-46(75)37(58-8)24-31-25-61-33-15-11-10-14-32(31)33/h10-11,14-15,25,27-30,34-40,42,58,61,82H,9,12-13,16-24,26H2,1-8H3,(H,62,76)(H,63,73)(H,64,75)(H,65,78)(H,66,72)(H,67,79)(H,68,77)(H,69,74)(H,70,71)(H,80,81)(H4,54,55,59)(H4,56,57,60)/t29-,30-,34+,35+,36-,37-,38-,39-,40-,42-/m0/s1. The topological polar surface area (TPSA) is 459 Å². The van der Waals surface area contributed by atoms with Gasteiger partial charge in [0.05, 0.1) is 6.04 Å². The lowest BCUT2D eigenvalue weighted by molar-refractivity contribution is -0.142. The number of aliphatic carboxylic acids is 2. The average Bonchev–Trinajstić information content (AvgIpc) is 3.82. The second kappa shape index (κ2) is 35.9. The number of carboxylic acids is 2. The van der Waals surface area contributed by atoms with Crippen LogP contribution in [0.15, 0.2) is 30.5 Å². The molecule has 0 fully saturated rings. The first-order valence-corrected chi connectivity index (χ1v) is 28.1. The fourth-order valence-corrected chi connectivity index (χ4v) is 8.79. The van der Waals surface area contributed by atoms with Crippen LogP contribution in [0.25, 0.3) is 10.9 Å². The van der Waals surface area contributed by atoms with Gasteiger partial charge in [0.15, 0.2) is 11.9 Å². The van der Waals surface area contributed by atoms with Crippen LogP contribution in [0.5, 0.6) is 0 Å². The molecular weight excluding hydrogens is 1080 g/mol. The van der Waals surface area contributed by atoms with E-state index in [1.54, 1.807) is 54.8 Å². The van der Waals surface area contributed by atoms with Gasteiger partial charge in [-0.1, -0.05) is 66.2 Å². The quantitative estimate of drug-likeness (QED) is 0.0161. The lowest BCUT2D eigenvalue weighted by Gasteiger charge is -2.30. The summed E-state index contributed by atoms with van der Waals surface area (Å²) in [7, 11) is 1.61. The number of nitrogens with one attached hydrogen (secondary N) is 14. The Kier molecular flexibility index (Phi) is 30.8. The van der Waals surface area contributed by atoms with Crippen molar-refractivity contribution in [1.82, 2.24) is 63.5 Å². The van der Waals surface area contributed by atoms with Crippen molar-refractivity contribution in [2.75, 3.05) is 25.9 Å². The molecule has 1 aromatic heterocycles. The highest BCUT2D eigenvalue weighted by Crippen LogP contribution is 2.20. The summed E-state index contributed by atoms with van der Waals surface area (Å²) >= 11 is 4.29. The maximum atomic E-state index is 14.2. The van der Waals surface area contributed by atoms with Crippen LogP contribution in [-0.2, 0) is 54.4 Å². The van der Waals surface area contributed by atoms with Gasteiger partial charge in [0.25, 0.3) is 0 Å². The molecule has 0 unspecified atom stereocenters. The van der Waals surface area contributed by atoms with Gasteiger partial charge in [0.1, 0.15) is 48.3 Å². The van der Waals surface area contributed by atoms with E-state index in [-0.39, 0.29) is 87.5 Å². The Hall–Kier alpha value is -7.69. The highest BCUT2D eigenvalue weighted by Gasteiger charge is 2.36. The molecule has 0 radical (unpaired) electrons. The summed E-state index contributed by atoms with van der Waals surface area (Å²) in [5.41, 5.74) is 12.7. The Balaban J connectivity index is 2.42. The van der Waals surface area contributed by atoms with E-state index < -0.39 is 132 Å². The van der Waals surface area contributed by atoms with E-state index in [2.05, 4.69) is 76.1 Å². The number of hydrogen-bond acceptors (Lipinski definition) is 14. The molecular formula is C53H88N16O12S. The zero-order valence-electron chi connectivity index (χ0n) is 48.1. The van der Waals surface area contributed by atoms with Gasteiger partial charge in [-0.25, -0.2) is 0 Å². The summed E-state index contributed by atoms with van der Waals surface area (Å²) in [6, 6.07) is -4.05. The molecule has 458 valence electrons. The summed E-state index contributed by atoms with van der Waals surface area (Å²) in [5.74, 6) is -11.1. The number of aromatic nitrogens is 1. The van der Waals surface area contributed by atoms with Crippen LogP contribution in [-0.4, -0.2) is 167 Å². The van der Waals surface area contributed by atoms with Crippen LogP contribution in [0.3, 0.4) is 0 Å². The molecule has 0 aliphatic heterocycles. The predicted molar refractivity (Wildman–Crippen MR) is 311 cm³/mol. The summed E-state index contributed by atoms with van der Waals surface area (Å²) in [6.45, 7) is 12.1. The van der Waals surface area contributed by atoms with E-state index >= 15 is 0 Å². The molecule has 2 aromatic rings. The first-order valence-electron chi connectivity index (χ1n) is 27.5. The van der Waals surface area contributed by atoms with E-state index in [0.29, 0.717) is 6.42 Å². The molecule has 0 spiro atoms. The van der Waals surface area contributed by atoms with Crippen molar-refractivity contribution in [3.05, 3.63) is 36.0 Å². The van der Waals surface area contributed by atoms with Crippen LogP contribution < -0.4 is 70.0 Å². The number of H-pyrrole nitrogens is 1. The molecule has 1 aromatic carbocycles. The van der Waals surface area contributed by atoms with E-state index in [4.69, 9.17) is 22.3 Å². The number of benzene rings is 1. The van der Waals surface area contributed by atoms with Crippen LogP contribution in [0.1, 0.15) is 112 Å². The number of aromatic amines is 1. The number of amides is 8. The van der Waals surface area contributed by atoms with Crippen LogP contribution in [0.2, 0.25) is 0 Å². The van der Waals surface area contributed by atoms with Crippen LogP contribution in [0, 0.1) is 28.6 Å². The highest BCUT2D eigenvalue weighted by molar-refractivity contribution is 7.80. The molecule has 82 heavy (non-hydrogen) atoms. The van der Waals surface area contributed by atoms with Gasteiger partial charge in [-0.05, 0) is 94.7 Å². The van der Waals surface area contributed by atoms with Gasteiger partial charge in [0, 0.05) is 42.4 Å². The van der Waals surface area contributed by atoms with Gasteiger partial charge in [-0.3, -0.25) is 58.8 Å². The van der Waals surface area contributed by atoms with Crippen molar-refractivity contribution >= 4 is 94.6 Å². The first-order chi connectivity index (χ1) is 38.6. The van der Waals surface area contributed by atoms with E-state index in [1.807, 2.05) is 24.3 Å². The van der Waals surface area contributed by atoms with Crippen molar-refractivity contribution in [2.24, 2.45) is 29.2 Å². The number of nitrogens with two attached hydrogens (primary N) is 2. The van der Waals surface area contributed by atoms with Crippen LogP contribution in [0.4, 0.5) is 0 Å². The molecule has 8 amide bonds. The van der Waals surface area contributed by atoms with Gasteiger partial charge in [-0.2, -0.15) is 12.6 Å². The normalized spacial score (nSPS) is 14.9. The minimum Gasteiger partial charge on any atom is -0.481 e. The fourth-order valence-electron chi connectivity index (χ4n) is 8.53. The van der Waals surface area contributed by atoms with Crippen LogP contribution >= 0.6 is 12.6 Å². The number of carbonyl (C=O) groups excluding carboxylic acids is 8. The van der Waals surface area contributed by atoms with E-state index in [9.17, 15) is 58.2 Å². The maximum absolute atomic E-state index is 14.2. The largest absolute Gasteiger partial charge is 0.481 e. The number of fused-ring (bicyclic) bond motifs is 1. The molecule has 1 heterocycles. The lowest BCUT2D eigenvalue weighted by Crippen LogP contribution is -2.61. The molecule has 0 aliphatic rings. The Bertz CT molecular complexity index is 2510. The fraction of sp³-hybridized carbons (Fsp3) is 0.623. The summed E-state index contributed by atoms with van der Waals surface area (Å²) in [5, 5.41) is 64.1. The molecule has 0 saturated carbocycles. The number of thiol groups is 1. The third-order valence-corrected chi connectivity index (χ3v) is 13.7. The van der Waals surface area contributed by atoms with Gasteiger partial charge in [0.2, 0.25) is 47.3 Å². The molecule has 2 rings (SSSR count). The summed E-state index contributed by atoms with van der Waals surface area (Å²) in [6.07, 6.45) is 1.71. The third-order valence-electron chi connectivity index (χ3n) is 13.3. The third kappa shape index (κ3) is 25.0. The smallest absolute Gasteiger partial charge is 0.325 e. The minimum absolute atomic E-state index is 0.0548. The number of rotatable bonds is 38. The lowest BCUT2D eigenvalue weighted by atomic mass is 9.96. The monoisotopic (exact) mass is 1170 g/mol. The predicted octanol–water partition coefficient (Wildman–Crippen LogP) is -1.26. The maximum Gasteiger partial charge on any atom is 0.325 e. The van der Waals surface area contributed by atoms with E-state index in [0.717, 1.165) is 16.5 Å². The molecule has 29 heteroatoms. The number of likely N-dealkylation sites (N-methyl/N-ethyl adjacent to an activating group) is 1. The second-order valence-corrected chi connectivity index (χ2v) is 21.4. The Morgan fingerprint density at radius 2 is 1.01 bits per heavy atom. The van der Waals surface area contributed by atoms with Crippen molar-refractivity contribution in [3.63, 3.8) is 0 Å². The number of carboxylic acid groups (broad SMARTS) is 2. The number of hydrogen-bond donors (Lipinski definition) is 19. The average molecular weight is 1170 g/mol. The van der Waals surface area contributed by atoms with Crippen molar-refractivity contribution in [1.29, 1.82) is 10.8 Å². The van der Waals surface area contributed by atoms with E-state index in [1.165, 1.54) is 6.92 Å². The Morgan fingerprint density at radius 1 is 0.585 bits per heavy atom. The zero-order chi connectivity index (χ0) is 61.8. The zero-order valence-corrected chi connectivity index (χ0v) is 49.0. The summed E-state index contributed by atoms with van der Waals surface area (Å²) < 4.78 is 0. The highest BCUT2D eigenvalue weighted by atomic mass is 32.1. The molecule has 0 bridgehead atoms. The molecule has 10 atom stereocenters. The molecule has 20 N–H and O–H groups in total.